The molecule has 11 heavy (non-hydrogen) atoms. The number of anilines is 1. The van der Waals surface area contributed by atoms with Crippen molar-refractivity contribution in [2.45, 2.75) is 0 Å². The molecular formula is C7H8BrNO2. The summed E-state index contributed by atoms with van der Waals surface area (Å²) in [5, 5.41) is 9.25. The Kier molecular flexibility index (Phi) is 2.24. The zero-order chi connectivity index (χ0) is 8.43. The maximum absolute atomic E-state index is 9.25. The van der Waals surface area contributed by atoms with E-state index < -0.39 is 0 Å². The molecule has 0 heterocycles. The average Bonchev–Trinajstić information content (AvgIpc) is 1.96. The number of benzene rings is 1. The second kappa shape index (κ2) is 3.00. The van der Waals surface area contributed by atoms with Gasteiger partial charge in [0.1, 0.15) is 0 Å². The molecule has 0 aliphatic heterocycles. The Morgan fingerprint density at radius 2 is 2.18 bits per heavy atom. The van der Waals surface area contributed by atoms with Crippen molar-refractivity contribution in [3.8, 4) is 11.5 Å². The van der Waals surface area contributed by atoms with Crippen LogP contribution in [0.3, 0.4) is 0 Å². The number of phenols is 1. The third kappa shape index (κ3) is 1.57. The van der Waals surface area contributed by atoms with Crippen LogP contribution in [0.15, 0.2) is 16.6 Å². The molecule has 0 bridgehead atoms. The summed E-state index contributed by atoms with van der Waals surface area (Å²) < 4.78 is 5.63. The van der Waals surface area contributed by atoms with Crippen molar-refractivity contribution < 1.29 is 9.84 Å². The summed E-state index contributed by atoms with van der Waals surface area (Å²) in [6.07, 6.45) is 0. The Morgan fingerprint density at radius 3 is 2.73 bits per heavy atom. The maximum Gasteiger partial charge on any atom is 0.181 e. The number of aromatic hydroxyl groups is 1. The molecule has 1 aromatic carbocycles. The zero-order valence-corrected chi connectivity index (χ0v) is 7.55. The molecule has 1 rings (SSSR count). The first-order valence-electron chi connectivity index (χ1n) is 2.97. The van der Waals surface area contributed by atoms with Gasteiger partial charge in [-0.25, -0.2) is 0 Å². The lowest BCUT2D eigenvalue weighted by atomic mass is 10.3. The van der Waals surface area contributed by atoms with Crippen LogP contribution >= 0.6 is 15.9 Å². The van der Waals surface area contributed by atoms with Crippen LogP contribution in [0.5, 0.6) is 11.5 Å². The molecule has 0 unspecified atom stereocenters. The number of nitrogens with two attached hydrogens (primary N) is 1. The lowest BCUT2D eigenvalue weighted by Crippen LogP contribution is -1.89. The van der Waals surface area contributed by atoms with Crippen LogP contribution < -0.4 is 10.5 Å². The van der Waals surface area contributed by atoms with Gasteiger partial charge in [-0.2, -0.15) is 0 Å². The number of ether oxygens (including phenoxy) is 1. The van der Waals surface area contributed by atoms with Crippen LogP contribution in [-0.2, 0) is 0 Å². The number of hydrogen-bond donors (Lipinski definition) is 2. The highest BCUT2D eigenvalue weighted by molar-refractivity contribution is 9.10. The Labute approximate surface area is 72.9 Å². The van der Waals surface area contributed by atoms with E-state index in [2.05, 4.69) is 15.9 Å². The number of nitrogen functional groups attached to an aromatic ring is 1. The van der Waals surface area contributed by atoms with Crippen molar-refractivity contribution in [3.63, 3.8) is 0 Å². The van der Waals surface area contributed by atoms with Crippen molar-refractivity contribution in [2.75, 3.05) is 12.8 Å². The van der Waals surface area contributed by atoms with E-state index in [-0.39, 0.29) is 5.75 Å². The number of halogens is 1. The van der Waals surface area contributed by atoms with Crippen LogP contribution in [-0.4, -0.2) is 12.2 Å². The normalized spacial score (nSPS) is 9.64. The molecule has 0 aromatic heterocycles. The standard InChI is InChI=1S/C7H8BrNO2/c1-11-6-3-4(8)2-5(9)7(6)10/h2-3,10H,9H2,1H3. The molecular weight excluding hydrogens is 210 g/mol. The summed E-state index contributed by atoms with van der Waals surface area (Å²) in [5.41, 5.74) is 5.74. The van der Waals surface area contributed by atoms with Gasteiger partial charge in [-0.3, -0.25) is 0 Å². The van der Waals surface area contributed by atoms with Crippen LogP contribution in [0, 0.1) is 0 Å². The van der Waals surface area contributed by atoms with Crippen LogP contribution in [0.25, 0.3) is 0 Å². The van der Waals surface area contributed by atoms with E-state index in [9.17, 15) is 5.11 Å². The van der Waals surface area contributed by atoms with Gasteiger partial charge in [0.15, 0.2) is 11.5 Å². The topological polar surface area (TPSA) is 55.5 Å². The third-order valence-corrected chi connectivity index (χ3v) is 1.75. The first-order chi connectivity index (χ1) is 5.15. The van der Waals surface area contributed by atoms with Gasteiger partial charge in [0.05, 0.1) is 12.8 Å². The number of phenolic OH excluding ortho intramolecular Hbond substituents is 1. The molecule has 0 fully saturated rings. The number of methoxy groups -OCH3 is 1. The summed E-state index contributed by atoms with van der Waals surface area (Å²) in [7, 11) is 1.47. The van der Waals surface area contributed by atoms with Crippen LogP contribution in [0.2, 0.25) is 0 Å². The third-order valence-electron chi connectivity index (χ3n) is 1.29. The second-order valence-electron chi connectivity index (χ2n) is 2.05. The van der Waals surface area contributed by atoms with Gasteiger partial charge >= 0.3 is 0 Å². The Hall–Kier alpha value is -0.900. The Balaban J connectivity index is 3.24. The van der Waals surface area contributed by atoms with Gasteiger partial charge in [-0.05, 0) is 12.1 Å². The van der Waals surface area contributed by atoms with E-state index in [1.807, 2.05) is 0 Å². The first kappa shape index (κ1) is 8.20. The van der Waals surface area contributed by atoms with Gasteiger partial charge in [-0.15, -0.1) is 0 Å². The summed E-state index contributed by atoms with van der Waals surface area (Å²) in [5.74, 6) is 0.354. The van der Waals surface area contributed by atoms with Crippen molar-refractivity contribution in [3.05, 3.63) is 16.6 Å². The van der Waals surface area contributed by atoms with Crippen LogP contribution in [0.4, 0.5) is 5.69 Å². The molecule has 3 N–H and O–H groups in total. The predicted molar refractivity (Wildman–Crippen MR) is 46.8 cm³/mol. The minimum absolute atomic E-state index is 0.0179. The van der Waals surface area contributed by atoms with Gasteiger partial charge in [-0.1, -0.05) is 15.9 Å². The highest BCUT2D eigenvalue weighted by atomic mass is 79.9. The monoisotopic (exact) mass is 217 g/mol. The van der Waals surface area contributed by atoms with Gasteiger partial charge < -0.3 is 15.6 Å². The van der Waals surface area contributed by atoms with E-state index in [1.54, 1.807) is 12.1 Å². The predicted octanol–water partition coefficient (Wildman–Crippen LogP) is 1.75. The summed E-state index contributed by atoms with van der Waals surface area (Å²) >= 11 is 3.22. The highest BCUT2D eigenvalue weighted by Gasteiger charge is 2.05. The molecule has 1 aromatic rings. The van der Waals surface area contributed by atoms with Crippen molar-refractivity contribution in [1.29, 1.82) is 0 Å². The number of hydrogen-bond acceptors (Lipinski definition) is 3. The molecule has 4 heteroatoms. The van der Waals surface area contributed by atoms with Crippen molar-refractivity contribution in [2.24, 2.45) is 0 Å². The van der Waals surface area contributed by atoms with E-state index >= 15 is 0 Å². The summed E-state index contributed by atoms with van der Waals surface area (Å²) in [4.78, 5) is 0. The molecule has 0 aliphatic rings. The molecule has 0 amide bonds. The largest absolute Gasteiger partial charge is 0.503 e. The fourth-order valence-electron chi connectivity index (χ4n) is 0.750. The Morgan fingerprint density at radius 1 is 1.55 bits per heavy atom. The molecule has 0 atom stereocenters. The van der Waals surface area contributed by atoms with Gasteiger partial charge in [0, 0.05) is 4.47 Å². The minimum atomic E-state index is -0.0179. The lowest BCUT2D eigenvalue weighted by molar-refractivity contribution is 0.374. The fraction of sp³-hybridized carbons (Fsp3) is 0.143. The molecule has 0 aliphatic carbocycles. The maximum atomic E-state index is 9.25. The lowest BCUT2D eigenvalue weighted by Gasteiger charge is -2.05. The van der Waals surface area contributed by atoms with Crippen molar-refractivity contribution >= 4 is 21.6 Å². The van der Waals surface area contributed by atoms with Crippen molar-refractivity contribution in [1.82, 2.24) is 0 Å². The average molecular weight is 218 g/mol. The summed E-state index contributed by atoms with van der Waals surface area (Å²) in [6, 6.07) is 3.25. The first-order valence-corrected chi connectivity index (χ1v) is 3.76. The highest BCUT2D eigenvalue weighted by Crippen LogP contribution is 2.34. The smallest absolute Gasteiger partial charge is 0.181 e. The molecule has 0 radical (unpaired) electrons. The molecule has 3 nitrogen and oxygen atoms in total. The number of rotatable bonds is 1. The Bertz CT molecular complexity index is 275. The molecule has 0 spiro atoms. The molecule has 0 saturated heterocycles. The molecule has 0 saturated carbocycles. The van der Waals surface area contributed by atoms with E-state index in [4.69, 9.17) is 10.5 Å². The fourth-order valence-corrected chi connectivity index (χ4v) is 1.20. The van der Waals surface area contributed by atoms with Gasteiger partial charge in [0.25, 0.3) is 0 Å². The molecule has 60 valence electrons. The van der Waals surface area contributed by atoms with Crippen LogP contribution in [0.1, 0.15) is 0 Å². The minimum Gasteiger partial charge on any atom is -0.503 e. The van der Waals surface area contributed by atoms with E-state index in [1.165, 1.54) is 7.11 Å². The quantitative estimate of drug-likeness (QED) is 0.557. The zero-order valence-electron chi connectivity index (χ0n) is 5.97. The second-order valence-corrected chi connectivity index (χ2v) is 2.96. The van der Waals surface area contributed by atoms with E-state index in [0.717, 1.165) is 4.47 Å². The summed E-state index contributed by atoms with van der Waals surface area (Å²) in [6.45, 7) is 0. The SMILES string of the molecule is COc1cc(Br)cc(N)c1O. The van der Waals surface area contributed by atoms with E-state index in [0.29, 0.717) is 11.4 Å². The van der Waals surface area contributed by atoms with Gasteiger partial charge in [0.2, 0.25) is 0 Å².